The molecule has 1 unspecified atom stereocenters. The fourth-order valence-electron chi connectivity index (χ4n) is 2.09. The Bertz CT molecular complexity index is 439. The number of hydrogen-bond donors (Lipinski definition) is 1. The van der Waals surface area contributed by atoms with E-state index in [-0.39, 0.29) is 10.9 Å². The number of carbonyl (C=O) groups is 1. The Labute approximate surface area is 104 Å². The zero-order chi connectivity index (χ0) is 12.4. The highest BCUT2D eigenvalue weighted by atomic mass is 35.5. The SMILES string of the molecule is O=C(O)C1CCN(Cc2cccc(F)c2Cl)C1. The molecule has 0 amide bonds. The molecule has 0 aliphatic carbocycles. The van der Waals surface area contributed by atoms with Gasteiger partial charge in [-0.1, -0.05) is 23.7 Å². The van der Waals surface area contributed by atoms with Gasteiger partial charge in [-0.2, -0.15) is 0 Å². The topological polar surface area (TPSA) is 40.5 Å². The van der Waals surface area contributed by atoms with E-state index >= 15 is 0 Å². The summed E-state index contributed by atoms with van der Waals surface area (Å²) in [7, 11) is 0. The minimum absolute atomic E-state index is 0.131. The molecule has 0 aromatic heterocycles. The summed E-state index contributed by atoms with van der Waals surface area (Å²) in [6, 6.07) is 4.69. The average Bonchev–Trinajstić information content (AvgIpc) is 2.73. The summed E-state index contributed by atoms with van der Waals surface area (Å²) in [6.45, 7) is 1.71. The Morgan fingerprint density at radius 1 is 1.59 bits per heavy atom. The molecule has 0 spiro atoms. The summed E-state index contributed by atoms with van der Waals surface area (Å²) in [6.07, 6.45) is 0.641. The van der Waals surface area contributed by atoms with Crippen LogP contribution in [0, 0.1) is 11.7 Å². The van der Waals surface area contributed by atoms with E-state index in [1.807, 2.05) is 4.90 Å². The van der Waals surface area contributed by atoms with Crippen LogP contribution in [0.5, 0.6) is 0 Å². The van der Waals surface area contributed by atoms with Gasteiger partial charge in [0.15, 0.2) is 0 Å². The van der Waals surface area contributed by atoms with E-state index in [9.17, 15) is 9.18 Å². The lowest BCUT2D eigenvalue weighted by Gasteiger charge is -2.16. The van der Waals surface area contributed by atoms with Crippen molar-refractivity contribution in [1.82, 2.24) is 4.90 Å². The summed E-state index contributed by atoms with van der Waals surface area (Å²) in [4.78, 5) is 12.8. The predicted octanol–water partition coefficient (Wildman–Crippen LogP) is 2.39. The average molecular weight is 258 g/mol. The van der Waals surface area contributed by atoms with Crippen molar-refractivity contribution in [2.45, 2.75) is 13.0 Å². The molecule has 17 heavy (non-hydrogen) atoms. The molecule has 2 rings (SSSR count). The number of halogens is 2. The van der Waals surface area contributed by atoms with Gasteiger partial charge in [0.2, 0.25) is 0 Å². The zero-order valence-corrected chi connectivity index (χ0v) is 9.95. The van der Waals surface area contributed by atoms with Crippen LogP contribution in [0.25, 0.3) is 0 Å². The van der Waals surface area contributed by atoms with Crippen LogP contribution in [0.4, 0.5) is 4.39 Å². The normalized spacial score (nSPS) is 20.7. The van der Waals surface area contributed by atoms with Gasteiger partial charge in [0.25, 0.3) is 0 Å². The quantitative estimate of drug-likeness (QED) is 0.904. The second-order valence-electron chi connectivity index (χ2n) is 4.27. The minimum atomic E-state index is -0.766. The van der Waals surface area contributed by atoms with Crippen molar-refractivity contribution in [3.63, 3.8) is 0 Å². The van der Waals surface area contributed by atoms with Crippen molar-refractivity contribution in [3.05, 3.63) is 34.6 Å². The van der Waals surface area contributed by atoms with Gasteiger partial charge >= 0.3 is 5.97 Å². The Morgan fingerprint density at radius 2 is 2.35 bits per heavy atom. The molecule has 0 radical (unpaired) electrons. The minimum Gasteiger partial charge on any atom is -0.481 e. The van der Waals surface area contributed by atoms with Crippen molar-refractivity contribution >= 4 is 17.6 Å². The molecule has 0 bridgehead atoms. The fourth-order valence-corrected chi connectivity index (χ4v) is 2.28. The van der Waals surface area contributed by atoms with E-state index in [2.05, 4.69) is 0 Å². The molecule has 1 aliphatic heterocycles. The maximum absolute atomic E-state index is 13.2. The standard InChI is InChI=1S/C12H13ClFNO2/c13-11-8(2-1-3-10(11)14)6-15-5-4-9(7-15)12(16)17/h1-3,9H,4-7H2,(H,16,17). The third kappa shape index (κ3) is 2.76. The predicted molar refractivity (Wildman–Crippen MR) is 62.4 cm³/mol. The van der Waals surface area contributed by atoms with E-state index in [0.717, 1.165) is 0 Å². The van der Waals surface area contributed by atoms with Gasteiger partial charge in [-0.25, -0.2) is 4.39 Å². The van der Waals surface area contributed by atoms with Crippen molar-refractivity contribution in [1.29, 1.82) is 0 Å². The molecule has 0 saturated carbocycles. The van der Waals surface area contributed by atoms with Crippen LogP contribution in [-0.4, -0.2) is 29.1 Å². The molecule has 5 heteroatoms. The van der Waals surface area contributed by atoms with Gasteiger partial charge < -0.3 is 5.11 Å². The summed E-state index contributed by atoms with van der Waals surface area (Å²) in [5.41, 5.74) is 0.706. The van der Waals surface area contributed by atoms with Gasteiger partial charge in [0.05, 0.1) is 10.9 Å². The third-order valence-electron chi connectivity index (χ3n) is 3.05. The summed E-state index contributed by atoms with van der Waals surface area (Å²) < 4.78 is 13.2. The summed E-state index contributed by atoms with van der Waals surface area (Å²) >= 11 is 5.85. The molecule has 1 heterocycles. The van der Waals surface area contributed by atoms with Crippen molar-refractivity contribution in [3.8, 4) is 0 Å². The van der Waals surface area contributed by atoms with Crippen LogP contribution in [-0.2, 0) is 11.3 Å². The van der Waals surface area contributed by atoms with Crippen LogP contribution < -0.4 is 0 Å². The summed E-state index contributed by atoms with van der Waals surface area (Å²) in [5, 5.41) is 9.01. The van der Waals surface area contributed by atoms with Gasteiger partial charge in [-0.3, -0.25) is 9.69 Å². The Hall–Kier alpha value is -1.13. The molecule has 1 saturated heterocycles. The summed E-state index contributed by atoms with van der Waals surface area (Å²) in [5.74, 6) is -1.52. The van der Waals surface area contributed by atoms with Crippen LogP contribution in [0.3, 0.4) is 0 Å². The first-order valence-corrected chi connectivity index (χ1v) is 5.84. The zero-order valence-electron chi connectivity index (χ0n) is 9.20. The lowest BCUT2D eigenvalue weighted by Crippen LogP contribution is -2.23. The van der Waals surface area contributed by atoms with Gasteiger partial charge in [-0.15, -0.1) is 0 Å². The van der Waals surface area contributed by atoms with Gasteiger partial charge in [0.1, 0.15) is 5.82 Å². The van der Waals surface area contributed by atoms with E-state index in [0.29, 0.717) is 31.6 Å². The molecule has 3 nitrogen and oxygen atoms in total. The van der Waals surface area contributed by atoms with E-state index in [4.69, 9.17) is 16.7 Å². The molecule has 1 aromatic rings. The number of carboxylic acid groups (broad SMARTS) is 1. The smallest absolute Gasteiger partial charge is 0.307 e. The molecule has 92 valence electrons. The molecule has 1 fully saturated rings. The van der Waals surface area contributed by atoms with Crippen molar-refractivity contribution in [2.24, 2.45) is 5.92 Å². The van der Waals surface area contributed by atoms with Crippen LogP contribution >= 0.6 is 11.6 Å². The highest BCUT2D eigenvalue weighted by Crippen LogP contribution is 2.24. The van der Waals surface area contributed by atoms with Crippen LogP contribution in [0.1, 0.15) is 12.0 Å². The van der Waals surface area contributed by atoms with Gasteiger partial charge in [0, 0.05) is 13.1 Å². The number of nitrogens with zero attached hydrogens (tertiary/aromatic N) is 1. The first-order chi connectivity index (χ1) is 8.08. The number of likely N-dealkylation sites (tertiary alicyclic amines) is 1. The number of benzene rings is 1. The first kappa shape index (κ1) is 12.3. The third-order valence-corrected chi connectivity index (χ3v) is 3.47. The fraction of sp³-hybridized carbons (Fsp3) is 0.417. The number of aliphatic carboxylic acids is 1. The second-order valence-corrected chi connectivity index (χ2v) is 4.65. The van der Waals surface area contributed by atoms with E-state index in [1.54, 1.807) is 12.1 Å². The molecule has 1 aromatic carbocycles. The van der Waals surface area contributed by atoms with Crippen molar-refractivity contribution in [2.75, 3.05) is 13.1 Å². The van der Waals surface area contributed by atoms with Gasteiger partial charge in [-0.05, 0) is 24.6 Å². The lowest BCUT2D eigenvalue weighted by atomic mass is 10.1. The molecular weight excluding hydrogens is 245 g/mol. The van der Waals surface area contributed by atoms with E-state index < -0.39 is 11.8 Å². The largest absolute Gasteiger partial charge is 0.481 e. The Morgan fingerprint density at radius 3 is 3.00 bits per heavy atom. The monoisotopic (exact) mass is 257 g/mol. The maximum Gasteiger partial charge on any atom is 0.307 e. The first-order valence-electron chi connectivity index (χ1n) is 5.46. The molecule has 1 atom stereocenters. The highest BCUT2D eigenvalue weighted by molar-refractivity contribution is 6.31. The second kappa shape index (κ2) is 5.02. The molecule has 1 aliphatic rings. The Balaban J connectivity index is 2.03. The highest BCUT2D eigenvalue weighted by Gasteiger charge is 2.28. The van der Waals surface area contributed by atoms with E-state index in [1.165, 1.54) is 6.07 Å². The molecular formula is C12H13ClFNO2. The van der Waals surface area contributed by atoms with Crippen LogP contribution in [0.2, 0.25) is 5.02 Å². The van der Waals surface area contributed by atoms with Crippen LogP contribution in [0.15, 0.2) is 18.2 Å². The van der Waals surface area contributed by atoms with Crippen molar-refractivity contribution < 1.29 is 14.3 Å². The maximum atomic E-state index is 13.2. The number of hydrogen-bond acceptors (Lipinski definition) is 2. The number of carboxylic acids is 1. The lowest BCUT2D eigenvalue weighted by molar-refractivity contribution is -0.141. The Kier molecular flexibility index (Phi) is 3.64. The molecule has 1 N–H and O–H groups in total. The number of rotatable bonds is 3.